The maximum Gasteiger partial charge on any atom is 0.335 e. The molecule has 1 heterocycles. The van der Waals surface area contributed by atoms with Crippen LogP contribution in [0.4, 0.5) is 5.69 Å². The quantitative estimate of drug-likeness (QED) is 0.233. The highest BCUT2D eigenvalue weighted by molar-refractivity contribution is 8.00. The number of hydrazone groups is 1. The predicted molar refractivity (Wildman–Crippen MR) is 115 cm³/mol. The van der Waals surface area contributed by atoms with Gasteiger partial charge >= 0.3 is 5.97 Å². The Kier molecular flexibility index (Phi) is 6.83. The zero-order valence-corrected chi connectivity index (χ0v) is 17.1. The number of carbonyl (C=O) groups excluding carboxylic acids is 1. The molecule has 0 radical (unpaired) electrons. The van der Waals surface area contributed by atoms with E-state index in [-0.39, 0.29) is 22.9 Å². The standard InChI is InChI=1S/C21H17N3O6S/c1-13-10-14(21(26)27)2-8-18(13)19-9-5-16(30-19)11-22-23-20(25)12-31-17-6-3-15(4-7-17)24(28)29/h2-11H,12H2,1H3,(H,23,25)(H,26,27)/b22-11-. The van der Waals surface area contributed by atoms with Crippen LogP contribution >= 0.6 is 11.8 Å². The number of non-ortho nitro benzene ring substituents is 1. The minimum atomic E-state index is -0.996. The molecule has 0 unspecified atom stereocenters. The zero-order chi connectivity index (χ0) is 22.4. The molecule has 0 aliphatic carbocycles. The Morgan fingerprint density at radius 1 is 1.19 bits per heavy atom. The number of hydrogen-bond donors (Lipinski definition) is 2. The average molecular weight is 439 g/mol. The van der Waals surface area contributed by atoms with E-state index in [0.29, 0.717) is 11.5 Å². The minimum absolute atomic E-state index is 0.00996. The van der Waals surface area contributed by atoms with E-state index in [9.17, 15) is 19.7 Å². The van der Waals surface area contributed by atoms with Gasteiger partial charge < -0.3 is 9.52 Å². The minimum Gasteiger partial charge on any atom is -0.478 e. The molecule has 1 aromatic heterocycles. The maximum absolute atomic E-state index is 11.9. The first kappa shape index (κ1) is 21.8. The highest BCUT2D eigenvalue weighted by atomic mass is 32.2. The molecule has 0 saturated heterocycles. The first-order valence-corrected chi connectivity index (χ1v) is 9.95. The van der Waals surface area contributed by atoms with Crippen molar-refractivity contribution in [2.45, 2.75) is 11.8 Å². The second-order valence-electron chi connectivity index (χ2n) is 6.37. The molecule has 0 spiro atoms. The Labute approximate surface area is 180 Å². The van der Waals surface area contributed by atoms with Gasteiger partial charge in [0, 0.05) is 22.6 Å². The lowest BCUT2D eigenvalue weighted by molar-refractivity contribution is -0.384. The summed E-state index contributed by atoms with van der Waals surface area (Å²) in [6, 6.07) is 14.1. The Morgan fingerprint density at radius 2 is 1.94 bits per heavy atom. The monoisotopic (exact) mass is 439 g/mol. The van der Waals surface area contributed by atoms with Crippen molar-refractivity contribution in [2.24, 2.45) is 5.10 Å². The van der Waals surface area contributed by atoms with Gasteiger partial charge in [0.05, 0.1) is 22.5 Å². The number of carboxylic acid groups (broad SMARTS) is 1. The lowest BCUT2D eigenvalue weighted by Crippen LogP contribution is -2.19. The van der Waals surface area contributed by atoms with Crippen molar-refractivity contribution in [3.05, 3.63) is 81.6 Å². The van der Waals surface area contributed by atoms with Crippen molar-refractivity contribution < 1.29 is 24.0 Å². The van der Waals surface area contributed by atoms with E-state index >= 15 is 0 Å². The summed E-state index contributed by atoms with van der Waals surface area (Å²) >= 11 is 1.23. The molecule has 9 nitrogen and oxygen atoms in total. The number of amides is 1. The smallest absolute Gasteiger partial charge is 0.335 e. The van der Waals surface area contributed by atoms with Gasteiger partial charge in [-0.05, 0) is 48.9 Å². The second-order valence-corrected chi connectivity index (χ2v) is 7.42. The summed E-state index contributed by atoms with van der Waals surface area (Å²) in [6.45, 7) is 1.79. The van der Waals surface area contributed by atoms with Crippen LogP contribution in [0.15, 0.2) is 69.0 Å². The van der Waals surface area contributed by atoms with Gasteiger partial charge in [-0.15, -0.1) is 11.8 Å². The molecule has 2 aromatic carbocycles. The van der Waals surface area contributed by atoms with Gasteiger partial charge in [-0.3, -0.25) is 14.9 Å². The number of carbonyl (C=O) groups is 2. The number of furan rings is 1. The van der Waals surface area contributed by atoms with Crippen LogP contribution < -0.4 is 5.43 Å². The highest BCUT2D eigenvalue weighted by Crippen LogP contribution is 2.26. The summed E-state index contributed by atoms with van der Waals surface area (Å²) in [7, 11) is 0. The highest BCUT2D eigenvalue weighted by Gasteiger charge is 2.10. The van der Waals surface area contributed by atoms with E-state index in [1.807, 2.05) is 0 Å². The van der Waals surface area contributed by atoms with E-state index in [2.05, 4.69) is 10.5 Å². The maximum atomic E-state index is 11.9. The number of hydrogen-bond acceptors (Lipinski definition) is 7. The predicted octanol–water partition coefficient (Wildman–Crippen LogP) is 4.10. The Balaban J connectivity index is 1.53. The molecular weight excluding hydrogens is 422 g/mol. The van der Waals surface area contributed by atoms with Gasteiger partial charge in [-0.1, -0.05) is 6.07 Å². The molecule has 0 bridgehead atoms. The van der Waals surface area contributed by atoms with Gasteiger partial charge in [0.15, 0.2) is 0 Å². The van der Waals surface area contributed by atoms with Crippen LogP contribution in [-0.4, -0.2) is 33.9 Å². The molecule has 10 heteroatoms. The molecule has 158 valence electrons. The van der Waals surface area contributed by atoms with Gasteiger partial charge in [-0.2, -0.15) is 5.10 Å². The topological polar surface area (TPSA) is 135 Å². The van der Waals surface area contributed by atoms with E-state index < -0.39 is 10.9 Å². The zero-order valence-electron chi connectivity index (χ0n) is 16.3. The van der Waals surface area contributed by atoms with Crippen molar-refractivity contribution in [1.82, 2.24) is 5.43 Å². The summed E-state index contributed by atoms with van der Waals surface area (Å²) in [5.41, 5.74) is 4.09. The Hall–Kier alpha value is -3.92. The summed E-state index contributed by atoms with van der Waals surface area (Å²) in [5, 5.41) is 23.5. The molecule has 2 N–H and O–H groups in total. The first-order chi connectivity index (χ1) is 14.8. The van der Waals surface area contributed by atoms with Gasteiger partial charge in [0.25, 0.3) is 5.69 Å². The summed E-state index contributed by atoms with van der Waals surface area (Å²) in [4.78, 5) is 33.8. The Bertz CT molecular complexity index is 1150. The molecule has 1 amide bonds. The van der Waals surface area contributed by atoms with Crippen molar-refractivity contribution in [1.29, 1.82) is 0 Å². The number of thioether (sulfide) groups is 1. The normalized spacial score (nSPS) is 10.9. The van der Waals surface area contributed by atoms with Gasteiger partial charge in [0.2, 0.25) is 5.91 Å². The van der Waals surface area contributed by atoms with Crippen molar-refractivity contribution in [3.8, 4) is 11.3 Å². The molecule has 0 atom stereocenters. The Morgan fingerprint density at radius 3 is 2.58 bits per heavy atom. The molecular formula is C21H17N3O6S. The SMILES string of the molecule is Cc1cc(C(=O)O)ccc1-c1ccc(/C=N\NC(=O)CSc2ccc([N+](=O)[O-])cc2)o1. The number of aryl methyl sites for hydroxylation is 1. The average Bonchev–Trinajstić information content (AvgIpc) is 3.21. The number of nitro groups is 1. The molecule has 0 saturated carbocycles. The number of nitro benzene ring substituents is 1. The molecule has 0 aliphatic rings. The van der Waals surface area contributed by atoms with Crippen LogP contribution in [0.5, 0.6) is 0 Å². The van der Waals surface area contributed by atoms with E-state index in [4.69, 9.17) is 9.52 Å². The number of nitrogens with one attached hydrogen (secondary N) is 1. The van der Waals surface area contributed by atoms with Gasteiger partial charge in [0.1, 0.15) is 11.5 Å². The fourth-order valence-electron chi connectivity index (χ4n) is 2.65. The van der Waals surface area contributed by atoms with E-state index in [0.717, 1.165) is 16.0 Å². The number of benzene rings is 2. The molecule has 3 rings (SSSR count). The molecule has 0 fully saturated rings. The van der Waals surface area contributed by atoms with Crippen molar-refractivity contribution in [3.63, 3.8) is 0 Å². The van der Waals surface area contributed by atoms with Crippen LogP contribution in [0, 0.1) is 17.0 Å². The van der Waals surface area contributed by atoms with Gasteiger partial charge in [-0.25, -0.2) is 10.2 Å². The van der Waals surface area contributed by atoms with Crippen LogP contribution in [0.1, 0.15) is 21.7 Å². The first-order valence-electron chi connectivity index (χ1n) is 8.97. The second kappa shape index (κ2) is 9.72. The molecule has 31 heavy (non-hydrogen) atoms. The fraction of sp³-hybridized carbons (Fsp3) is 0.0952. The number of nitrogens with zero attached hydrogens (tertiary/aromatic N) is 2. The van der Waals surface area contributed by atoms with E-state index in [1.165, 1.54) is 36.2 Å². The largest absolute Gasteiger partial charge is 0.478 e. The van der Waals surface area contributed by atoms with E-state index in [1.54, 1.807) is 43.3 Å². The third kappa shape index (κ3) is 5.80. The van der Waals surface area contributed by atoms with Crippen LogP contribution in [0.3, 0.4) is 0 Å². The lowest BCUT2D eigenvalue weighted by atomic mass is 10.0. The fourth-order valence-corrected chi connectivity index (χ4v) is 3.34. The lowest BCUT2D eigenvalue weighted by Gasteiger charge is -2.03. The molecule has 0 aliphatic heterocycles. The number of aromatic carboxylic acids is 1. The number of rotatable bonds is 8. The third-order valence-electron chi connectivity index (χ3n) is 4.16. The third-order valence-corrected chi connectivity index (χ3v) is 5.18. The van der Waals surface area contributed by atoms with Crippen LogP contribution in [0.2, 0.25) is 0 Å². The summed E-state index contributed by atoms with van der Waals surface area (Å²) in [6.07, 6.45) is 1.36. The van der Waals surface area contributed by atoms with Crippen molar-refractivity contribution >= 4 is 35.5 Å². The van der Waals surface area contributed by atoms with Crippen molar-refractivity contribution in [2.75, 3.05) is 5.75 Å². The van der Waals surface area contributed by atoms with Crippen LogP contribution in [-0.2, 0) is 4.79 Å². The van der Waals surface area contributed by atoms with Crippen LogP contribution in [0.25, 0.3) is 11.3 Å². The number of carboxylic acids is 1. The molecule has 3 aromatic rings. The summed E-state index contributed by atoms with van der Waals surface area (Å²) in [5.74, 6) is -0.278. The summed E-state index contributed by atoms with van der Waals surface area (Å²) < 4.78 is 5.68.